The molecule has 0 saturated carbocycles. The fourth-order valence-corrected chi connectivity index (χ4v) is 3.51. The van der Waals surface area contributed by atoms with Crippen molar-refractivity contribution in [3.8, 4) is 0 Å². The van der Waals surface area contributed by atoms with Gasteiger partial charge in [-0.15, -0.1) is 0 Å². The molecule has 0 aromatic rings. The molecule has 0 amide bonds. The summed E-state index contributed by atoms with van der Waals surface area (Å²) in [5.74, 6) is 0.792. The first kappa shape index (κ1) is 13.9. The molecule has 84 valence electrons. The van der Waals surface area contributed by atoms with E-state index in [1.165, 1.54) is 11.8 Å². The molecule has 0 saturated heterocycles. The standard InChI is InChI=1S/C7H18N2O3SSi/c1-10-14(11-2,12-3)6-4-5-13-7(8)9/h4-6H2,1-3H3,(H3,8,9). The molecule has 0 bridgehead atoms. The van der Waals surface area contributed by atoms with Gasteiger partial charge in [-0.2, -0.15) is 0 Å². The Balaban J connectivity index is 3.77. The van der Waals surface area contributed by atoms with E-state index in [4.69, 9.17) is 24.4 Å². The highest BCUT2D eigenvalue weighted by Crippen LogP contribution is 2.16. The summed E-state index contributed by atoms with van der Waals surface area (Å²) in [4.78, 5) is 0. The molecule has 0 atom stereocenters. The third kappa shape index (κ3) is 4.96. The lowest BCUT2D eigenvalue weighted by Crippen LogP contribution is -2.42. The van der Waals surface area contributed by atoms with Crippen molar-refractivity contribution in [3.63, 3.8) is 0 Å². The fourth-order valence-electron chi connectivity index (χ4n) is 1.03. The Morgan fingerprint density at radius 1 is 1.29 bits per heavy atom. The Morgan fingerprint density at radius 3 is 2.14 bits per heavy atom. The Morgan fingerprint density at radius 2 is 1.79 bits per heavy atom. The van der Waals surface area contributed by atoms with Gasteiger partial charge >= 0.3 is 8.80 Å². The molecule has 14 heavy (non-hydrogen) atoms. The lowest BCUT2D eigenvalue weighted by molar-refractivity contribution is 0.123. The van der Waals surface area contributed by atoms with Crippen LogP contribution in [0.3, 0.4) is 0 Å². The van der Waals surface area contributed by atoms with E-state index in [1.54, 1.807) is 21.3 Å². The summed E-state index contributed by atoms with van der Waals surface area (Å²) in [5.41, 5.74) is 5.20. The molecule has 3 N–H and O–H groups in total. The third-order valence-electron chi connectivity index (χ3n) is 1.82. The Bertz CT molecular complexity index is 170. The minimum Gasteiger partial charge on any atom is -0.379 e. The molecule has 0 aliphatic carbocycles. The molecule has 0 radical (unpaired) electrons. The van der Waals surface area contributed by atoms with E-state index in [-0.39, 0.29) is 5.17 Å². The number of amidine groups is 1. The smallest absolute Gasteiger partial charge is 0.379 e. The van der Waals surface area contributed by atoms with Gasteiger partial charge in [-0.3, -0.25) is 5.41 Å². The number of nitrogens with two attached hydrogens (primary N) is 1. The molecule has 0 aliphatic rings. The molecular formula is C7H18N2O3SSi. The molecule has 0 aromatic heterocycles. The summed E-state index contributed by atoms with van der Waals surface area (Å²) >= 11 is 1.32. The lowest BCUT2D eigenvalue weighted by Gasteiger charge is -2.23. The van der Waals surface area contributed by atoms with Crippen molar-refractivity contribution < 1.29 is 13.3 Å². The van der Waals surface area contributed by atoms with Crippen LogP contribution in [0.15, 0.2) is 0 Å². The summed E-state index contributed by atoms with van der Waals surface area (Å²) in [6.07, 6.45) is 0.867. The first-order valence-electron chi connectivity index (χ1n) is 4.22. The van der Waals surface area contributed by atoms with Gasteiger partial charge in [-0.25, -0.2) is 0 Å². The van der Waals surface area contributed by atoms with Crippen LogP contribution in [0.4, 0.5) is 0 Å². The van der Waals surface area contributed by atoms with Crippen molar-refractivity contribution in [2.24, 2.45) is 5.73 Å². The van der Waals surface area contributed by atoms with E-state index < -0.39 is 8.80 Å². The fraction of sp³-hybridized carbons (Fsp3) is 0.857. The third-order valence-corrected chi connectivity index (χ3v) is 5.45. The lowest BCUT2D eigenvalue weighted by atomic mass is 10.6. The van der Waals surface area contributed by atoms with E-state index >= 15 is 0 Å². The van der Waals surface area contributed by atoms with Crippen LogP contribution in [0.1, 0.15) is 6.42 Å². The highest BCUT2D eigenvalue weighted by Gasteiger charge is 2.36. The molecule has 0 aromatic carbocycles. The van der Waals surface area contributed by atoms with Crippen LogP contribution in [-0.2, 0) is 13.3 Å². The molecule has 5 nitrogen and oxygen atoms in total. The van der Waals surface area contributed by atoms with Crippen molar-refractivity contribution in [2.45, 2.75) is 12.5 Å². The number of thioether (sulfide) groups is 1. The van der Waals surface area contributed by atoms with Crippen LogP contribution in [-0.4, -0.2) is 41.1 Å². The SMILES string of the molecule is CO[Si](CCCSC(=N)N)(OC)OC. The maximum absolute atomic E-state index is 7.02. The summed E-state index contributed by atoms with van der Waals surface area (Å²) in [5, 5.41) is 7.16. The van der Waals surface area contributed by atoms with E-state index in [1.807, 2.05) is 0 Å². The van der Waals surface area contributed by atoms with Gasteiger partial charge in [0.1, 0.15) is 0 Å². The van der Waals surface area contributed by atoms with Crippen LogP contribution in [0.25, 0.3) is 0 Å². The van der Waals surface area contributed by atoms with Crippen LogP contribution < -0.4 is 5.73 Å². The van der Waals surface area contributed by atoms with Crippen LogP contribution in [0.5, 0.6) is 0 Å². The first-order valence-corrected chi connectivity index (χ1v) is 7.14. The molecule has 0 rings (SSSR count). The van der Waals surface area contributed by atoms with Gasteiger partial charge < -0.3 is 19.0 Å². The maximum atomic E-state index is 7.02. The zero-order valence-electron chi connectivity index (χ0n) is 8.83. The van der Waals surface area contributed by atoms with Crippen LogP contribution in [0, 0.1) is 5.41 Å². The van der Waals surface area contributed by atoms with E-state index in [0.717, 1.165) is 18.2 Å². The number of nitrogens with one attached hydrogen (secondary N) is 1. The molecule has 0 fully saturated rings. The number of hydrogen-bond acceptors (Lipinski definition) is 5. The topological polar surface area (TPSA) is 77.6 Å². The van der Waals surface area contributed by atoms with Crippen molar-refractivity contribution in [1.29, 1.82) is 5.41 Å². The van der Waals surface area contributed by atoms with Crippen LogP contribution >= 0.6 is 11.8 Å². The second kappa shape index (κ2) is 7.24. The maximum Gasteiger partial charge on any atom is 0.500 e. The number of hydrogen-bond donors (Lipinski definition) is 2. The predicted octanol–water partition coefficient (Wildman–Crippen LogP) is 0.881. The van der Waals surface area contributed by atoms with Gasteiger partial charge in [-0.1, -0.05) is 11.8 Å². The summed E-state index contributed by atoms with van der Waals surface area (Å²) < 4.78 is 15.7. The quantitative estimate of drug-likeness (QED) is 0.298. The predicted molar refractivity (Wildman–Crippen MR) is 60.6 cm³/mol. The van der Waals surface area contributed by atoms with Crippen molar-refractivity contribution >= 4 is 25.7 Å². The summed E-state index contributed by atoms with van der Waals surface area (Å²) in [7, 11) is 2.37. The van der Waals surface area contributed by atoms with E-state index in [9.17, 15) is 0 Å². The van der Waals surface area contributed by atoms with Gasteiger partial charge in [0.15, 0.2) is 5.17 Å². The second-order valence-corrected chi connectivity index (χ2v) is 6.84. The average molecular weight is 238 g/mol. The second-order valence-electron chi connectivity index (χ2n) is 2.61. The normalized spacial score (nSPS) is 11.6. The van der Waals surface area contributed by atoms with Crippen molar-refractivity contribution in [1.82, 2.24) is 0 Å². The Kier molecular flexibility index (Phi) is 7.20. The largest absolute Gasteiger partial charge is 0.500 e. The van der Waals surface area contributed by atoms with Crippen molar-refractivity contribution in [3.05, 3.63) is 0 Å². The Hall–Kier alpha value is -0.0831. The number of rotatable bonds is 7. The van der Waals surface area contributed by atoms with E-state index in [2.05, 4.69) is 0 Å². The average Bonchev–Trinajstić information content (AvgIpc) is 2.19. The summed E-state index contributed by atoms with van der Waals surface area (Å²) in [6.45, 7) is 0. The zero-order chi connectivity index (χ0) is 11.0. The first-order chi connectivity index (χ1) is 6.60. The minimum absolute atomic E-state index is 0.143. The highest BCUT2D eigenvalue weighted by molar-refractivity contribution is 8.13. The van der Waals surface area contributed by atoms with Crippen molar-refractivity contribution in [2.75, 3.05) is 27.1 Å². The van der Waals surface area contributed by atoms with Gasteiger partial charge in [0, 0.05) is 33.1 Å². The minimum atomic E-state index is -2.41. The van der Waals surface area contributed by atoms with E-state index in [0.29, 0.717) is 0 Å². The molecule has 0 aliphatic heterocycles. The monoisotopic (exact) mass is 238 g/mol. The van der Waals surface area contributed by atoms with Gasteiger partial charge in [0.05, 0.1) is 0 Å². The molecule has 7 heteroatoms. The molecule has 0 spiro atoms. The molecular weight excluding hydrogens is 220 g/mol. The zero-order valence-corrected chi connectivity index (χ0v) is 10.6. The van der Waals surface area contributed by atoms with Gasteiger partial charge in [-0.05, 0) is 6.42 Å². The highest BCUT2D eigenvalue weighted by atomic mass is 32.2. The Labute approximate surface area is 90.2 Å². The molecule has 0 unspecified atom stereocenters. The molecule has 0 heterocycles. The van der Waals surface area contributed by atoms with Gasteiger partial charge in [0.25, 0.3) is 0 Å². The van der Waals surface area contributed by atoms with Crippen LogP contribution in [0.2, 0.25) is 6.04 Å². The summed E-state index contributed by atoms with van der Waals surface area (Å²) in [6, 6.07) is 0.747. The van der Waals surface area contributed by atoms with Gasteiger partial charge in [0.2, 0.25) is 0 Å².